The minimum Gasteiger partial charge on any atom is -0.330 e. The normalized spacial score (nSPS) is 28.1. The standard InChI is InChI=1S/C11H17N3/c1-14-7-4-10(8-12)11(14)9-2-5-13-6-3-9/h2-3,5-6,10-11H,4,7-8,12H2,1H3. The van der Waals surface area contributed by atoms with E-state index in [0.717, 1.165) is 13.1 Å². The summed E-state index contributed by atoms with van der Waals surface area (Å²) in [7, 11) is 2.17. The van der Waals surface area contributed by atoms with Crippen LogP contribution in [0.1, 0.15) is 18.0 Å². The van der Waals surface area contributed by atoms with Crippen molar-refractivity contribution < 1.29 is 0 Å². The van der Waals surface area contributed by atoms with Crippen LogP contribution in [0.4, 0.5) is 0 Å². The van der Waals surface area contributed by atoms with Crippen LogP contribution in [0.25, 0.3) is 0 Å². The average molecular weight is 191 g/mol. The lowest BCUT2D eigenvalue weighted by Crippen LogP contribution is -2.25. The summed E-state index contributed by atoms with van der Waals surface area (Å²) in [6.45, 7) is 1.92. The summed E-state index contributed by atoms with van der Waals surface area (Å²) in [6.07, 6.45) is 4.92. The molecule has 0 aromatic carbocycles. The Morgan fingerprint density at radius 1 is 1.50 bits per heavy atom. The first-order valence-electron chi connectivity index (χ1n) is 5.13. The van der Waals surface area contributed by atoms with Crippen LogP contribution in [-0.2, 0) is 0 Å². The molecule has 1 saturated heterocycles. The third-order valence-corrected chi connectivity index (χ3v) is 3.12. The van der Waals surface area contributed by atoms with Crippen molar-refractivity contribution in [3.05, 3.63) is 30.1 Å². The van der Waals surface area contributed by atoms with E-state index in [0.29, 0.717) is 12.0 Å². The van der Waals surface area contributed by atoms with Gasteiger partial charge in [0.25, 0.3) is 0 Å². The quantitative estimate of drug-likeness (QED) is 0.759. The smallest absolute Gasteiger partial charge is 0.0386 e. The third-order valence-electron chi connectivity index (χ3n) is 3.12. The summed E-state index contributed by atoms with van der Waals surface area (Å²) in [6, 6.07) is 4.67. The van der Waals surface area contributed by atoms with Gasteiger partial charge in [0.05, 0.1) is 0 Å². The first-order valence-corrected chi connectivity index (χ1v) is 5.13. The molecule has 2 rings (SSSR count). The monoisotopic (exact) mass is 191 g/mol. The van der Waals surface area contributed by atoms with Crippen LogP contribution in [0.15, 0.2) is 24.5 Å². The molecule has 0 amide bonds. The fourth-order valence-electron chi connectivity index (χ4n) is 2.36. The zero-order chi connectivity index (χ0) is 9.97. The first-order chi connectivity index (χ1) is 6.83. The number of rotatable bonds is 2. The Labute approximate surface area is 84.9 Å². The highest BCUT2D eigenvalue weighted by molar-refractivity contribution is 5.17. The lowest BCUT2D eigenvalue weighted by Gasteiger charge is -2.24. The van der Waals surface area contributed by atoms with Gasteiger partial charge in [0, 0.05) is 18.4 Å². The molecule has 3 heteroatoms. The summed E-state index contributed by atoms with van der Waals surface area (Å²) < 4.78 is 0. The van der Waals surface area contributed by atoms with Gasteiger partial charge in [-0.1, -0.05) is 0 Å². The van der Waals surface area contributed by atoms with E-state index in [9.17, 15) is 0 Å². The van der Waals surface area contributed by atoms with Gasteiger partial charge in [-0.15, -0.1) is 0 Å². The van der Waals surface area contributed by atoms with Gasteiger partial charge in [-0.25, -0.2) is 0 Å². The van der Waals surface area contributed by atoms with E-state index in [2.05, 4.69) is 29.1 Å². The molecule has 2 unspecified atom stereocenters. The summed E-state index contributed by atoms with van der Waals surface area (Å²) in [4.78, 5) is 6.42. The largest absolute Gasteiger partial charge is 0.330 e. The molecule has 0 radical (unpaired) electrons. The Morgan fingerprint density at radius 3 is 2.86 bits per heavy atom. The molecular formula is C11H17N3. The van der Waals surface area contributed by atoms with Crippen LogP contribution in [0.2, 0.25) is 0 Å². The number of hydrogen-bond donors (Lipinski definition) is 1. The predicted molar refractivity (Wildman–Crippen MR) is 56.8 cm³/mol. The average Bonchev–Trinajstić information content (AvgIpc) is 2.61. The zero-order valence-electron chi connectivity index (χ0n) is 8.56. The molecule has 1 fully saturated rings. The van der Waals surface area contributed by atoms with Crippen molar-refractivity contribution in [3.8, 4) is 0 Å². The second-order valence-electron chi connectivity index (χ2n) is 3.99. The van der Waals surface area contributed by atoms with Crippen LogP contribution in [0, 0.1) is 5.92 Å². The Morgan fingerprint density at radius 2 is 2.21 bits per heavy atom. The van der Waals surface area contributed by atoms with Crippen molar-refractivity contribution in [1.82, 2.24) is 9.88 Å². The molecule has 3 nitrogen and oxygen atoms in total. The summed E-state index contributed by atoms with van der Waals surface area (Å²) in [5.74, 6) is 0.599. The molecule has 0 aliphatic carbocycles. The number of nitrogens with two attached hydrogens (primary N) is 1. The number of hydrogen-bond acceptors (Lipinski definition) is 3. The predicted octanol–water partition coefficient (Wildman–Crippen LogP) is 1.03. The van der Waals surface area contributed by atoms with Crippen molar-refractivity contribution in [2.75, 3.05) is 20.1 Å². The van der Waals surface area contributed by atoms with Gasteiger partial charge < -0.3 is 5.73 Å². The molecule has 1 aliphatic heterocycles. The molecule has 2 N–H and O–H groups in total. The van der Waals surface area contributed by atoms with E-state index >= 15 is 0 Å². The van der Waals surface area contributed by atoms with Crippen molar-refractivity contribution in [1.29, 1.82) is 0 Å². The molecule has 0 bridgehead atoms. The van der Waals surface area contributed by atoms with Crippen LogP contribution in [0.5, 0.6) is 0 Å². The minimum absolute atomic E-state index is 0.489. The summed E-state index contributed by atoms with van der Waals surface area (Å²) in [5, 5.41) is 0. The number of likely N-dealkylation sites (tertiary alicyclic amines) is 1. The first kappa shape index (κ1) is 9.62. The maximum Gasteiger partial charge on any atom is 0.0386 e. The second kappa shape index (κ2) is 4.07. The van der Waals surface area contributed by atoms with Gasteiger partial charge in [0.2, 0.25) is 0 Å². The SMILES string of the molecule is CN1CCC(CN)C1c1ccncc1. The molecule has 2 heterocycles. The third kappa shape index (κ3) is 1.65. The van der Waals surface area contributed by atoms with Gasteiger partial charge in [0.15, 0.2) is 0 Å². The topological polar surface area (TPSA) is 42.1 Å². The molecule has 0 spiro atoms. The second-order valence-corrected chi connectivity index (χ2v) is 3.99. The van der Waals surface area contributed by atoms with Gasteiger partial charge in [-0.2, -0.15) is 0 Å². The van der Waals surface area contributed by atoms with E-state index < -0.39 is 0 Å². The number of nitrogens with zero attached hydrogens (tertiary/aromatic N) is 2. The molecule has 1 aromatic heterocycles. The van der Waals surface area contributed by atoms with Gasteiger partial charge in [0.1, 0.15) is 0 Å². The van der Waals surface area contributed by atoms with Crippen LogP contribution < -0.4 is 5.73 Å². The van der Waals surface area contributed by atoms with Crippen molar-refractivity contribution in [3.63, 3.8) is 0 Å². The molecule has 0 saturated carbocycles. The zero-order valence-corrected chi connectivity index (χ0v) is 8.56. The fraction of sp³-hybridized carbons (Fsp3) is 0.545. The molecule has 2 atom stereocenters. The van der Waals surface area contributed by atoms with Crippen molar-refractivity contribution in [2.45, 2.75) is 12.5 Å². The Bertz CT molecular complexity index is 286. The molecule has 76 valence electrons. The van der Waals surface area contributed by atoms with Gasteiger partial charge >= 0.3 is 0 Å². The van der Waals surface area contributed by atoms with E-state index in [1.54, 1.807) is 0 Å². The van der Waals surface area contributed by atoms with E-state index in [4.69, 9.17) is 5.73 Å². The Balaban J connectivity index is 2.23. The summed E-state index contributed by atoms with van der Waals surface area (Å²) >= 11 is 0. The van der Waals surface area contributed by atoms with Crippen LogP contribution in [-0.4, -0.2) is 30.0 Å². The van der Waals surface area contributed by atoms with Gasteiger partial charge in [-0.3, -0.25) is 9.88 Å². The summed E-state index contributed by atoms with van der Waals surface area (Å²) in [5.41, 5.74) is 7.12. The Kier molecular flexibility index (Phi) is 2.79. The highest BCUT2D eigenvalue weighted by Crippen LogP contribution is 2.34. The van der Waals surface area contributed by atoms with E-state index in [-0.39, 0.29) is 0 Å². The Hall–Kier alpha value is -0.930. The molecular weight excluding hydrogens is 174 g/mol. The molecule has 14 heavy (non-hydrogen) atoms. The van der Waals surface area contributed by atoms with E-state index in [1.165, 1.54) is 12.0 Å². The highest BCUT2D eigenvalue weighted by Gasteiger charge is 2.31. The molecule has 1 aromatic rings. The molecule has 1 aliphatic rings. The van der Waals surface area contributed by atoms with Crippen molar-refractivity contribution >= 4 is 0 Å². The number of aromatic nitrogens is 1. The fourth-order valence-corrected chi connectivity index (χ4v) is 2.36. The van der Waals surface area contributed by atoms with Gasteiger partial charge in [-0.05, 0) is 50.2 Å². The van der Waals surface area contributed by atoms with Crippen LogP contribution >= 0.6 is 0 Å². The highest BCUT2D eigenvalue weighted by atomic mass is 15.2. The van der Waals surface area contributed by atoms with Crippen molar-refractivity contribution in [2.24, 2.45) is 11.7 Å². The lowest BCUT2D eigenvalue weighted by molar-refractivity contribution is 0.279. The lowest BCUT2D eigenvalue weighted by atomic mass is 9.95. The van der Waals surface area contributed by atoms with E-state index in [1.807, 2.05) is 12.4 Å². The maximum atomic E-state index is 5.78. The number of pyridine rings is 1. The maximum absolute atomic E-state index is 5.78. The van der Waals surface area contributed by atoms with Crippen LogP contribution in [0.3, 0.4) is 0 Å². The minimum atomic E-state index is 0.489.